The minimum absolute atomic E-state index is 0.431. The molecule has 0 aromatic rings. The molecule has 3 nitrogen and oxygen atoms in total. The third kappa shape index (κ3) is 3.44. The summed E-state index contributed by atoms with van der Waals surface area (Å²) < 4.78 is 11.4. The van der Waals surface area contributed by atoms with Gasteiger partial charge in [-0.1, -0.05) is 0 Å². The van der Waals surface area contributed by atoms with Crippen LogP contribution in [0.5, 0.6) is 0 Å². The van der Waals surface area contributed by atoms with Gasteiger partial charge in [0.05, 0.1) is 18.8 Å². The van der Waals surface area contributed by atoms with Crippen molar-refractivity contribution in [3.05, 3.63) is 0 Å². The van der Waals surface area contributed by atoms with Crippen LogP contribution in [0.25, 0.3) is 0 Å². The van der Waals surface area contributed by atoms with Crippen molar-refractivity contribution >= 4 is 0 Å². The van der Waals surface area contributed by atoms with Gasteiger partial charge in [-0.15, -0.1) is 0 Å². The first kappa shape index (κ1) is 11.4. The van der Waals surface area contributed by atoms with Crippen molar-refractivity contribution in [2.45, 2.75) is 56.8 Å². The second-order valence-corrected chi connectivity index (χ2v) is 4.77. The van der Waals surface area contributed by atoms with E-state index in [1.165, 1.54) is 38.6 Å². The molecule has 0 radical (unpaired) electrons. The molecule has 0 aromatic carbocycles. The lowest BCUT2D eigenvalue weighted by molar-refractivity contribution is -0.0342. The van der Waals surface area contributed by atoms with Crippen LogP contribution in [0.15, 0.2) is 0 Å². The van der Waals surface area contributed by atoms with E-state index >= 15 is 0 Å². The van der Waals surface area contributed by atoms with Crippen LogP contribution in [0.1, 0.15) is 38.5 Å². The van der Waals surface area contributed by atoms with E-state index in [0.29, 0.717) is 18.2 Å². The van der Waals surface area contributed by atoms with Crippen molar-refractivity contribution < 1.29 is 9.47 Å². The highest BCUT2D eigenvalue weighted by Crippen LogP contribution is 2.23. The van der Waals surface area contributed by atoms with Crippen LogP contribution in [0.2, 0.25) is 0 Å². The van der Waals surface area contributed by atoms with E-state index in [9.17, 15) is 0 Å². The van der Waals surface area contributed by atoms with Crippen LogP contribution in [0.4, 0.5) is 0 Å². The minimum atomic E-state index is 0.431. The Hall–Kier alpha value is -0.120. The van der Waals surface area contributed by atoms with Gasteiger partial charge in [0.25, 0.3) is 0 Å². The van der Waals surface area contributed by atoms with Gasteiger partial charge in [0.1, 0.15) is 0 Å². The van der Waals surface area contributed by atoms with Crippen LogP contribution >= 0.6 is 0 Å². The van der Waals surface area contributed by atoms with Gasteiger partial charge >= 0.3 is 0 Å². The Bertz CT molecular complexity index is 180. The second-order valence-electron chi connectivity index (χ2n) is 4.77. The quantitative estimate of drug-likeness (QED) is 0.771. The molecular formula is C12H23NO2. The van der Waals surface area contributed by atoms with Gasteiger partial charge in [0, 0.05) is 13.2 Å². The zero-order valence-electron chi connectivity index (χ0n) is 9.71. The molecule has 2 aliphatic rings. The summed E-state index contributed by atoms with van der Waals surface area (Å²) in [5.41, 5.74) is 0. The highest BCUT2D eigenvalue weighted by molar-refractivity contribution is 4.77. The Balaban J connectivity index is 1.65. The van der Waals surface area contributed by atoms with Crippen molar-refractivity contribution in [2.75, 3.05) is 20.3 Å². The summed E-state index contributed by atoms with van der Waals surface area (Å²) in [6.07, 6.45) is 8.21. The first-order valence-corrected chi connectivity index (χ1v) is 6.26. The number of ether oxygens (including phenoxy) is 2. The first-order chi connectivity index (χ1) is 7.38. The normalized spacial score (nSPS) is 37.0. The predicted octanol–water partition coefficient (Wildman–Crippen LogP) is 1.71. The smallest absolute Gasteiger partial charge is 0.0623 e. The zero-order valence-corrected chi connectivity index (χ0v) is 9.71. The molecule has 15 heavy (non-hydrogen) atoms. The maximum atomic E-state index is 5.96. The Labute approximate surface area is 92.5 Å². The molecule has 1 heterocycles. The molecule has 0 bridgehead atoms. The maximum absolute atomic E-state index is 5.96. The van der Waals surface area contributed by atoms with Crippen LogP contribution in [0, 0.1) is 0 Å². The SMILES string of the molecule is COC1CCCC(OC[C@@H]2CCCN2)C1. The lowest BCUT2D eigenvalue weighted by Crippen LogP contribution is -2.33. The fourth-order valence-electron chi connectivity index (χ4n) is 2.62. The van der Waals surface area contributed by atoms with Gasteiger partial charge in [-0.2, -0.15) is 0 Å². The molecule has 1 N–H and O–H groups in total. The molecule has 2 unspecified atom stereocenters. The van der Waals surface area contributed by atoms with Crippen LogP contribution in [-0.2, 0) is 9.47 Å². The highest BCUT2D eigenvalue weighted by atomic mass is 16.5. The van der Waals surface area contributed by atoms with Gasteiger partial charge in [-0.05, 0) is 45.1 Å². The summed E-state index contributed by atoms with van der Waals surface area (Å²) >= 11 is 0. The van der Waals surface area contributed by atoms with E-state index in [1.807, 2.05) is 7.11 Å². The molecular weight excluding hydrogens is 190 g/mol. The number of nitrogens with one attached hydrogen (secondary N) is 1. The monoisotopic (exact) mass is 213 g/mol. The number of hydrogen-bond donors (Lipinski definition) is 1. The van der Waals surface area contributed by atoms with Gasteiger partial charge in [-0.3, -0.25) is 0 Å². The fraction of sp³-hybridized carbons (Fsp3) is 1.00. The number of methoxy groups -OCH3 is 1. The van der Waals surface area contributed by atoms with Gasteiger partial charge in [0.2, 0.25) is 0 Å². The average Bonchev–Trinajstić information content (AvgIpc) is 2.79. The highest BCUT2D eigenvalue weighted by Gasteiger charge is 2.23. The Morgan fingerprint density at radius 3 is 2.73 bits per heavy atom. The van der Waals surface area contributed by atoms with Crippen LogP contribution < -0.4 is 5.32 Å². The van der Waals surface area contributed by atoms with Crippen molar-refractivity contribution in [3.63, 3.8) is 0 Å². The Kier molecular flexibility index (Phi) is 4.42. The molecule has 0 spiro atoms. The minimum Gasteiger partial charge on any atom is -0.381 e. The van der Waals surface area contributed by atoms with E-state index in [-0.39, 0.29) is 0 Å². The van der Waals surface area contributed by atoms with Gasteiger partial charge < -0.3 is 14.8 Å². The number of hydrogen-bond acceptors (Lipinski definition) is 3. The lowest BCUT2D eigenvalue weighted by Gasteiger charge is -2.29. The van der Waals surface area contributed by atoms with Crippen molar-refractivity contribution in [3.8, 4) is 0 Å². The Morgan fingerprint density at radius 1 is 1.13 bits per heavy atom. The van der Waals surface area contributed by atoms with E-state index < -0.39 is 0 Å². The van der Waals surface area contributed by atoms with Crippen molar-refractivity contribution in [2.24, 2.45) is 0 Å². The van der Waals surface area contributed by atoms with Crippen molar-refractivity contribution in [1.29, 1.82) is 0 Å². The maximum Gasteiger partial charge on any atom is 0.0623 e. The van der Waals surface area contributed by atoms with E-state index in [1.54, 1.807) is 0 Å². The van der Waals surface area contributed by atoms with E-state index in [0.717, 1.165) is 13.0 Å². The summed E-state index contributed by atoms with van der Waals surface area (Å²) in [6.45, 7) is 2.06. The molecule has 0 aromatic heterocycles. The summed E-state index contributed by atoms with van der Waals surface area (Å²) in [6, 6.07) is 0.605. The third-order valence-electron chi connectivity index (χ3n) is 3.61. The predicted molar refractivity (Wildman–Crippen MR) is 60.0 cm³/mol. The van der Waals surface area contributed by atoms with Crippen LogP contribution in [0.3, 0.4) is 0 Å². The fourth-order valence-corrected chi connectivity index (χ4v) is 2.62. The summed E-state index contributed by atoms with van der Waals surface area (Å²) in [4.78, 5) is 0. The van der Waals surface area contributed by atoms with Crippen molar-refractivity contribution in [1.82, 2.24) is 5.32 Å². The molecule has 88 valence electrons. The standard InChI is InChI=1S/C12H23NO2/c1-14-11-5-2-6-12(8-11)15-9-10-4-3-7-13-10/h10-13H,2-9H2,1H3/t10-,11?,12?/m0/s1. The van der Waals surface area contributed by atoms with E-state index in [2.05, 4.69) is 5.32 Å². The molecule has 3 heteroatoms. The summed E-state index contributed by atoms with van der Waals surface area (Å²) in [5, 5.41) is 3.47. The number of rotatable bonds is 4. The van der Waals surface area contributed by atoms with E-state index in [4.69, 9.17) is 9.47 Å². The summed E-state index contributed by atoms with van der Waals surface area (Å²) in [5.74, 6) is 0. The molecule has 0 amide bonds. The largest absolute Gasteiger partial charge is 0.381 e. The topological polar surface area (TPSA) is 30.5 Å². The molecule has 1 aliphatic carbocycles. The Morgan fingerprint density at radius 2 is 2.00 bits per heavy atom. The lowest BCUT2D eigenvalue weighted by atomic mass is 9.95. The van der Waals surface area contributed by atoms with Crippen LogP contribution in [-0.4, -0.2) is 38.5 Å². The molecule has 1 aliphatic heterocycles. The molecule has 3 atom stereocenters. The molecule has 2 rings (SSSR count). The molecule has 1 saturated carbocycles. The first-order valence-electron chi connectivity index (χ1n) is 6.26. The molecule has 2 fully saturated rings. The second kappa shape index (κ2) is 5.83. The zero-order chi connectivity index (χ0) is 10.5. The third-order valence-corrected chi connectivity index (χ3v) is 3.61. The average molecular weight is 213 g/mol. The van der Waals surface area contributed by atoms with Gasteiger partial charge in [-0.25, -0.2) is 0 Å². The van der Waals surface area contributed by atoms with Gasteiger partial charge in [0.15, 0.2) is 0 Å². The molecule has 1 saturated heterocycles. The summed E-state index contributed by atoms with van der Waals surface area (Å²) in [7, 11) is 1.81.